The number of hydrogen-bond acceptors (Lipinski definition) is 3. The first-order chi connectivity index (χ1) is 17.2. The van der Waals surface area contributed by atoms with Crippen LogP contribution < -0.4 is 4.74 Å². The van der Waals surface area contributed by atoms with Crippen LogP contribution in [0.5, 0.6) is 5.75 Å². The number of nitrogens with zero attached hydrogens (tertiary/aromatic N) is 2. The first-order valence-electron chi connectivity index (χ1n) is 11.5. The first kappa shape index (κ1) is 25.5. The zero-order valence-corrected chi connectivity index (χ0v) is 21.7. The number of para-hydroxylation sites is 1. The minimum atomic E-state index is -0.943. The van der Waals surface area contributed by atoms with E-state index in [1.165, 1.54) is 0 Å². The van der Waals surface area contributed by atoms with Crippen molar-refractivity contribution in [3.05, 3.63) is 110 Å². The summed E-state index contributed by atoms with van der Waals surface area (Å²) in [4.78, 5) is 11.2. The molecule has 0 saturated carbocycles. The molecule has 7 heteroatoms. The van der Waals surface area contributed by atoms with Crippen LogP contribution in [0.25, 0.3) is 17.8 Å². The molecule has 4 aromatic rings. The summed E-state index contributed by atoms with van der Waals surface area (Å²) in [6, 6.07) is 18.1. The molecule has 0 saturated heterocycles. The summed E-state index contributed by atoms with van der Waals surface area (Å²) in [7, 11) is 0. The van der Waals surface area contributed by atoms with E-state index in [4.69, 9.17) is 27.9 Å². The quantitative estimate of drug-likeness (QED) is 0.238. The Bertz CT molecular complexity index is 1420. The summed E-state index contributed by atoms with van der Waals surface area (Å²) in [5.41, 5.74) is 5.71. The fourth-order valence-electron chi connectivity index (χ4n) is 3.94. The van der Waals surface area contributed by atoms with Crippen molar-refractivity contribution in [3.8, 4) is 11.4 Å². The molecule has 0 radical (unpaired) electrons. The van der Waals surface area contributed by atoms with Crippen molar-refractivity contribution in [2.75, 3.05) is 0 Å². The van der Waals surface area contributed by atoms with Crippen LogP contribution in [-0.4, -0.2) is 20.9 Å². The monoisotopic (exact) mass is 520 g/mol. The van der Waals surface area contributed by atoms with Crippen LogP contribution in [0.15, 0.2) is 66.9 Å². The van der Waals surface area contributed by atoms with Gasteiger partial charge in [-0.15, -0.1) is 0 Å². The third-order valence-corrected chi connectivity index (χ3v) is 6.49. The van der Waals surface area contributed by atoms with Gasteiger partial charge in [-0.3, -0.25) is 0 Å². The number of benzene rings is 3. The topological polar surface area (TPSA) is 64.4 Å². The highest BCUT2D eigenvalue weighted by Gasteiger charge is 2.19. The van der Waals surface area contributed by atoms with Crippen molar-refractivity contribution in [1.29, 1.82) is 0 Å². The highest BCUT2D eigenvalue weighted by atomic mass is 35.5. The largest absolute Gasteiger partial charge is 0.487 e. The van der Waals surface area contributed by atoms with E-state index in [9.17, 15) is 9.90 Å². The molecule has 1 N–H and O–H groups in total. The molecule has 0 amide bonds. The summed E-state index contributed by atoms with van der Waals surface area (Å²) >= 11 is 12.9. The lowest BCUT2D eigenvalue weighted by atomic mass is 10.0. The molecule has 0 bridgehead atoms. The van der Waals surface area contributed by atoms with E-state index in [2.05, 4.69) is 18.9 Å². The second kappa shape index (κ2) is 11.0. The molecule has 0 aliphatic rings. The SMILES string of the molecule is Cc1cc(OCc2c(C(C)C)cnn2-c2c(Cl)cccc2Cl)ccc1C=Cc1cccc(C(=O)O)c1. The minimum absolute atomic E-state index is 0.243. The number of rotatable bonds is 8. The van der Waals surface area contributed by atoms with Gasteiger partial charge >= 0.3 is 5.97 Å². The zero-order chi connectivity index (χ0) is 25.8. The number of ether oxygens (including phenoxy) is 1. The van der Waals surface area contributed by atoms with Crippen LogP contribution in [0.4, 0.5) is 0 Å². The number of carbonyl (C=O) groups is 1. The molecule has 3 aromatic carbocycles. The van der Waals surface area contributed by atoms with Crippen molar-refractivity contribution in [2.24, 2.45) is 0 Å². The van der Waals surface area contributed by atoms with Gasteiger partial charge in [-0.1, -0.05) is 73.5 Å². The molecular formula is C29H26Cl2N2O3. The van der Waals surface area contributed by atoms with E-state index < -0.39 is 5.97 Å². The van der Waals surface area contributed by atoms with E-state index in [-0.39, 0.29) is 11.5 Å². The smallest absolute Gasteiger partial charge is 0.335 e. The van der Waals surface area contributed by atoms with Crippen molar-refractivity contribution in [2.45, 2.75) is 33.3 Å². The number of aryl methyl sites for hydroxylation is 1. The van der Waals surface area contributed by atoms with Gasteiger partial charge in [0.05, 0.1) is 27.5 Å². The molecule has 184 valence electrons. The summed E-state index contributed by atoms with van der Waals surface area (Å²) in [6.45, 7) is 6.52. The van der Waals surface area contributed by atoms with Gasteiger partial charge in [-0.2, -0.15) is 5.10 Å². The molecule has 1 heterocycles. The molecule has 0 fully saturated rings. The van der Waals surface area contributed by atoms with Crippen LogP contribution >= 0.6 is 23.2 Å². The van der Waals surface area contributed by atoms with Crippen LogP contribution in [0.2, 0.25) is 10.0 Å². The summed E-state index contributed by atoms with van der Waals surface area (Å²) in [5.74, 6) is 0.0273. The van der Waals surface area contributed by atoms with E-state index in [1.807, 2.05) is 49.5 Å². The third-order valence-electron chi connectivity index (χ3n) is 5.88. The first-order valence-corrected chi connectivity index (χ1v) is 12.3. The molecule has 5 nitrogen and oxygen atoms in total. The standard InChI is InChI=1S/C29H26Cl2N2O3/c1-18(2)24-16-32-33(28-25(30)8-5-9-26(28)31)27(24)17-36-23-13-12-21(19(3)14-23)11-10-20-6-4-7-22(15-20)29(34)35/h4-16,18H,17H2,1-3H3,(H,34,35). The fraction of sp³-hybridized carbons (Fsp3) is 0.172. The van der Waals surface area contributed by atoms with Gasteiger partial charge in [-0.25, -0.2) is 9.48 Å². The normalized spacial score (nSPS) is 11.4. The molecule has 1 aromatic heterocycles. The Balaban J connectivity index is 1.55. The van der Waals surface area contributed by atoms with Crippen molar-refractivity contribution in [1.82, 2.24) is 9.78 Å². The lowest BCUT2D eigenvalue weighted by Crippen LogP contribution is -2.09. The average molecular weight is 521 g/mol. The van der Waals surface area contributed by atoms with Crippen LogP contribution in [-0.2, 0) is 6.61 Å². The highest BCUT2D eigenvalue weighted by Crippen LogP contribution is 2.32. The van der Waals surface area contributed by atoms with Crippen LogP contribution in [0.3, 0.4) is 0 Å². The lowest BCUT2D eigenvalue weighted by Gasteiger charge is -2.15. The number of hydrogen-bond donors (Lipinski definition) is 1. The zero-order valence-electron chi connectivity index (χ0n) is 20.2. The fourth-order valence-corrected chi connectivity index (χ4v) is 4.49. The Kier molecular flexibility index (Phi) is 7.82. The Morgan fingerprint density at radius 2 is 1.78 bits per heavy atom. The van der Waals surface area contributed by atoms with E-state index in [0.717, 1.165) is 33.7 Å². The van der Waals surface area contributed by atoms with E-state index in [1.54, 1.807) is 41.1 Å². The summed E-state index contributed by atoms with van der Waals surface area (Å²) in [6.07, 6.45) is 5.70. The predicted octanol–water partition coefficient (Wildman–Crippen LogP) is 8.06. The Morgan fingerprint density at radius 3 is 2.44 bits per heavy atom. The molecule has 0 aliphatic heterocycles. The Labute approximate surface area is 220 Å². The minimum Gasteiger partial charge on any atom is -0.487 e. The molecule has 36 heavy (non-hydrogen) atoms. The van der Waals surface area contributed by atoms with Gasteiger partial charge in [0.1, 0.15) is 18.0 Å². The van der Waals surface area contributed by atoms with Gasteiger partial charge in [0.25, 0.3) is 0 Å². The summed E-state index contributed by atoms with van der Waals surface area (Å²) < 4.78 is 7.95. The maximum atomic E-state index is 11.2. The second-order valence-electron chi connectivity index (χ2n) is 8.75. The lowest BCUT2D eigenvalue weighted by molar-refractivity contribution is 0.0697. The number of aromatic nitrogens is 2. The van der Waals surface area contributed by atoms with Crippen LogP contribution in [0, 0.1) is 6.92 Å². The molecule has 0 aliphatic carbocycles. The van der Waals surface area contributed by atoms with Gasteiger partial charge in [0, 0.05) is 0 Å². The number of halogens is 2. The Hall–Kier alpha value is -3.54. The van der Waals surface area contributed by atoms with Gasteiger partial charge in [0.2, 0.25) is 0 Å². The molecule has 0 unspecified atom stereocenters. The number of aromatic carboxylic acids is 1. The molecule has 0 spiro atoms. The summed E-state index contributed by atoms with van der Waals surface area (Å²) in [5, 5.41) is 14.8. The highest BCUT2D eigenvalue weighted by molar-refractivity contribution is 6.37. The van der Waals surface area contributed by atoms with Crippen molar-refractivity contribution >= 4 is 41.3 Å². The van der Waals surface area contributed by atoms with E-state index >= 15 is 0 Å². The van der Waals surface area contributed by atoms with Crippen molar-refractivity contribution in [3.63, 3.8) is 0 Å². The molecule has 0 atom stereocenters. The maximum Gasteiger partial charge on any atom is 0.335 e. The predicted molar refractivity (Wildman–Crippen MR) is 146 cm³/mol. The third kappa shape index (κ3) is 5.64. The average Bonchev–Trinajstić information content (AvgIpc) is 3.26. The number of carboxylic acid groups (broad SMARTS) is 1. The van der Waals surface area contributed by atoms with Crippen LogP contribution in [0.1, 0.15) is 58.1 Å². The van der Waals surface area contributed by atoms with Gasteiger partial charge < -0.3 is 9.84 Å². The number of carboxylic acids is 1. The Morgan fingerprint density at radius 1 is 1.06 bits per heavy atom. The molecular weight excluding hydrogens is 495 g/mol. The maximum absolute atomic E-state index is 11.2. The van der Waals surface area contributed by atoms with Crippen molar-refractivity contribution < 1.29 is 14.6 Å². The second-order valence-corrected chi connectivity index (χ2v) is 9.57. The van der Waals surface area contributed by atoms with E-state index in [0.29, 0.717) is 22.3 Å². The van der Waals surface area contributed by atoms with Gasteiger partial charge in [-0.05, 0) is 71.5 Å². The van der Waals surface area contributed by atoms with Gasteiger partial charge in [0.15, 0.2) is 0 Å². The molecule has 4 rings (SSSR count).